The molecule has 0 spiro atoms. The van der Waals surface area contributed by atoms with E-state index in [4.69, 9.17) is 4.74 Å². The zero-order valence-corrected chi connectivity index (χ0v) is 10.5. The maximum atomic E-state index is 12.0. The van der Waals surface area contributed by atoms with E-state index >= 15 is 0 Å². The van der Waals surface area contributed by atoms with Crippen molar-refractivity contribution in [3.63, 3.8) is 0 Å². The zero-order valence-electron chi connectivity index (χ0n) is 10.5. The minimum absolute atomic E-state index is 0.181. The van der Waals surface area contributed by atoms with E-state index in [0.29, 0.717) is 32.7 Å². The normalized spacial score (nSPS) is 18.6. The molecule has 1 atom stereocenters. The lowest BCUT2D eigenvalue weighted by Gasteiger charge is -2.28. The highest BCUT2D eigenvalue weighted by Crippen LogP contribution is 2.17. The van der Waals surface area contributed by atoms with Crippen LogP contribution < -0.4 is 0 Å². The van der Waals surface area contributed by atoms with E-state index in [1.807, 2.05) is 17.9 Å². The molecular weight excluding hydrogens is 214 g/mol. The van der Waals surface area contributed by atoms with Crippen LogP contribution in [0.25, 0.3) is 0 Å². The van der Waals surface area contributed by atoms with E-state index in [2.05, 4.69) is 13.2 Å². The molecule has 3 heteroatoms. The van der Waals surface area contributed by atoms with Gasteiger partial charge in [-0.15, -0.1) is 0 Å². The molecule has 0 saturated carbocycles. The summed E-state index contributed by atoms with van der Waals surface area (Å²) in [4.78, 5) is 13.9. The van der Waals surface area contributed by atoms with Crippen LogP contribution in [0, 0.1) is 5.92 Å². The van der Waals surface area contributed by atoms with Gasteiger partial charge in [-0.25, -0.2) is 0 Å². The number of hydrogen-bond donors (Lipinski definition) is 0. The number of carbonyl (C=O) groups excluding carboxylic acids is 1. The molecule has 0 aliphatic carbocycles. The number of allylic oxidation sites excluding steroid dienone is 4. The first kappa shape index (κ1) is 13.7. The third-order valence-corrected chi connectivity index (χ3v) is 2.96. The fourth-order valence-corrected chi connectivity index (χ4v) is 1.89. The summed E-state index contributed by atoms with van der Waals surface area (Å²) in [5, 5.41) is 0. The van der Waals surface area contributed by atoms with Crippen molar-refractivity contribution in [1.82, 2.24) is 4.90 Å². The Bertz CT molecular complexity index is 314. The maximum Gasteiger partial charge on any atom is 0.223 e. The molecule has 1 aliphatic heterocycles. The molecule has 0 bridgehead atoms. The van der Waals surface area contributed by atoms with Gasteiger partial charge in [-0.1, -0.05) is 38.3 Å². The lowest BCUT2D eigenvalue weighted by atomic mass is 9.96. The molecule has 1 aliphatic rings. The summed E-state index contributed by atoms with van der Waals surface area (Å²) in [6.07, 6.45) is 5.95. The number of rotatable bonds is 5. The van der Waals surface area contributed by atoms with Crippen molar-refractivity contribution in [1.29, 1.82) is 0 Å². The highest BCUT2D eigenvalue weighted by molar-refractivity contribution is 5.77. The first-order valence-electron chi connectivity index (χ1n) is 5.99. The third kappa shape index (κ3) is 4.19. The predicted molar refractivity (Wildman–Crippen MR) is 69.7 cm³/mol. The van der Waals surface area contributed by atoms with Crippen LogP contribution in [0.3, 0.4) is 0 Å². The van der Waals surface area contributed by atoms with Crippen molar-refractivity contribution < 1.29 is 9.53 Å². The molecule has 1 heterocycles. The van der Waals surface area contributed by atoms with Gasteiger partial charge in [0.2, 0.25) is 5.91 Å². The Balaban J connectivity index is 2.51. The monoisotopic (exact) mass is 235 g/mol. The summed E-state index contributed by atoms with van der Waals surface area (Å²) in [5.41, 5.74) is 1.06. The molecule has 3 nitrogen and oxygen atoms in total. The van der Waals surface area contributed by atoms with Crippen molar-refractivity contribution in [3.8, 4) is 0 Å². The highest BCUT2D eigenvalue weighted by Gasteiger charge is 2.19. The lowest BCUT2D eigenvalue weighted by Crippen LogP contribution is -2.41. The van der Waals surface area contributed by atoms with Crippen molar-refractivity contribution in [3.05, 3.63) is 37.0 Å². The number of nitrogens with zero attached hydrogens (tertiary/aromatic N) is 1. The minimum Gasteiger partial charge on any atom is -0.378 e. The molecule has 1 saturated heterocycles. The molecule has 1 unspecified atom stereocenters. The third-order valence-electron chi connectivity index (χ3n) is 2.96. The number of hydrogen-bond acceptors (Lipinski definition) is 2. The Morgan fingerprint density at radius 1 is 1.41 bits per heavy atom. The van der Waals surface area contributed by atoms with Crippen LogP contribution in [-0.2, 0) is 9.53 Å². The summed E-state index contributed by atoms with van der Waals surface area (Å²) < 4.78 is 5.23. The van der Waals surface area contributed by atoms with Crippen molar-refractivity contribution in [2.75, 3.05) is 26.3 Å². The SMILES string of the molecule is C=C/C=C(\C=C)C(C)CC(=O)N1CCOCC1. The van der Waals surface area contributed by atoms with Crippen LogP contribution in [0.5, 0.6) is 0 Å². The van der Waals surface area contributed by atoms with Crippen LogP contribution in [0.2, 0.25) is 0 Å². The molecule has 0 aromatic heterocycles. The number of carbonyl (C=O) groups is 1. The summed E-state index contributed by atoms with van der Waals surface area (Å²) >= 11 is 0. The Morgan fingerprint density at radius 2 is 2.06 bits per heavy atom. The summed E-state index contributed by atoms with van der Waals surface area (Å²) in [6.45, 7) is 12.2. The van der Waals surface area contributed by atoms with Crippen LogP contribution >= 0.6 is 0 Å². The smallest absolute Gasteiger partial charge is 0.223 e. The molecule has 0 aromatic rings. The fraction of sp³-hybridized carbons (Fsp3) is 0.500. The van der Waals surface area contributed by atoms with Gasteiger partial charge in [-0.2, -0.15) is 0 Å². The quantitative estimate of drug-likeness (QED) is 0.683. The lowest BCUT2D eigenvalue weighted by molar-refractivity contribution is -0.135. The Morgan fingerprint density at radius 3 is 2.59 bits per heavy atom. The molecule has 17 heavy (non-hydrogen) atoms. The van der Waals surface area contributed by atoms with E-state index in [1.54, 1.807) is 12.2 Å². The molecule has 1 rings (SSSR count). The standard InChI is InChI=1S/C14H21NO2/c1-4-6-13(5-2)12(3)11-14(16)15-7-9-17-10-8-15/h4-6,12H,1-2,7-11H2,3H3/b13-6+. The first-order chi connectivity index (χ1) is 8.19. The average Bonchev–Trinajstić information content (AvgIpc) is 2.36. The van der Waals surface area contributed by atoms with Gasteiger partial charge in [0, 0.05) is 19.5 Å². The first-order valence-corrected chi connectivity index (χ1v) is 5.99. The molecule has 0 radical (unpaired) electrons. The second kappa shape index (κ2) is 7.07. The highest BCUT2D eigenvalue weighted by atomic mass is 16.5. The van der Waals surface area contributed by atoms with Gasteiger partial charge in [0.1, 0.15) is 0 Å². The molecule has 0 N–H and O–H groups in total. The average molecular weight is 235 g/mol. The summed E-state index contributed by atoms with van der Waals surface area (Å²) in [5.74, 6) is 0.374. The van der Waals surface area contributed by atoms with Gasteiger partial charge in [0.25, 0.3) is 0 Å². The van der Waals surface area contributed by atoms with Crippen molar-refractivity contribution in [2.45, 2.75) is 13.3 Å². The van der Waals surface area contributed by atoms with Gasteiger partial charge < -0.3 is 9.64 Å². The van der Waals surface area contributed by atoms with E-state index in [1.165, 1.54) is 0 Å². The summed E-state index contributed by atoms with van der Waals surface area (Å²) in [6, 6.07) is 0. The Hall–Kier alpha value is -1.35. The molecule has 1 amide bonds. The van der Waals surface area contributed by atoms with E-state index < -0.39 is 0 Å². The van der Waals surface area contributed by atoms with E-state index in [-0.39, 0.29) is 11.8 Å². The van der Waals surface area contributed by atoms with Gasteiger partial charge in [0.15, 0.2) is 0 Å². The second-order valence-electron chi connectivity index (χ2n) is 4.20. The molecule has 0 aromatic carbocycles. The number of morpholine rings is 1. The molecule has 1 fully saturated rings. The predicted octanol–water partition coefficient (Wildman–Crippen LogP) is 2.17. The van der Waals surface area contributed by atoms with Gasteiger partial charge >= 0.3 is 0 Å². The molecular formula is C14H21NO2. The van der Waals surface area contributed by atoms with Gasteiger partial charge in [-0.3, -0.25) is 4.79 Å². The van der Waals surface area contributed by atoms with Crippen LogP contribution in [0.4, 0.5) is 0 Å². The summed E-state index contributed by atoms with van der Waals surface area (Å²) in [7, 11) is 0. The Labute approximate surface area is 103 Å². The molecule has 94 valence electrons. The van der Waals surface area contributed by atoms with Crippen molar-refractivity contribution >= 4 is 5.91 Å². The fourth-order valence-electron chi connectivity index (χ4n) is 1.89. The second-order valence-corrected chi connectivity index (χ2v) is 4.20. The number of ether oxygens (including phenoxy) is 1. The van der Waals surface area contributed by atoms with Crippen LogP contribution in [0.1, 0.15) is 13.3 Å². The minimum atomic E-state index is 0.181. The van der Waals surface area contributed by atoms with Gasteiger partial charge in [0.05, 0.1) is 13.2 Å². The maximum absolute atomic E-state index is 12.0. The topological polar surface area (TPSA) is 29.5 Å². The van der Waals surface area contributed by atoms with E-state index in [0.717, 1.165) is 5.57 Å². The number of amides is 1. The van der Waals surface area contributed by atoms with Crippen LogP contribution in [-0.4, -0.2) is 37.1 Å². The van der Waals surface area contributed by atoms with Crippen molar-refractivity contribution in [2.24, 2.45) is 5.92 Å². The Kier molecular flexibility index (Phi) is 5.70. The van der Waals surface area contributed by atoms with E-state index in [9.17, 15) is 4.79 Å². The van der Waals surface area contributed by atoms with Gasteiger partial charge in [-0.05, 0) is 11.5 Å². The van der Waals surface area contributed by atoms with Crippen LogP contribution in [0.15, 0.2) is 37.0 Å². The zero-order chi connectivity index (χ0) is 12.7. The largest absolute Gasteiger partial charge is 0.378 e.